The number of halogens is 1. The van der Waals surface area contributed by atoms with Crippen LogP contribution in [0.2, 0.25) is 0 Å². The molecule has 86 valence electrons. The molecule has 1 nitrogen and oxygen atoms in total. The Morgan fingerprint density at radius 1 is 1.43 bits per heavy atom. The van der Waals surface area contributed by atoms with Crippen molar-refractivity contribution in [2.45, 2.75) is 32.7 Å². The third kappa shape index (κ3) is 6.31. The summed E-state index contributed by atoms with van der Waals surface area (Å²) in [4.78, 5) is 2.49. The average Bonchev–Trinajstić information content (AvgIpc) is 2.21. The lowest BCUT2D eigenvalue weighted by Crippen LogP contribution is -2.34. The molecule has 14 heavy (non-hydrogen) atoms. The van der Waals surface area contributed by atoms with Gasteiger partial charge in [-0.3, -0.25) is 0 Å². The fraction of sp³-hybridized carbons (Fsp3) is 1.00. The van der Waals surface area contributed by atoms with Gasteiger partial charge >= 0.3 is 0 Å². The summed E-state index contributed by atoms with van der Waals surface area (Å²) in [6.45, 7) is 5.82. The third-order valence-electron chi connectivity index (χ3n) is 2.83. The van der Waals surface area contributed by atoms with Crippen molar-refractivity contribution in [3.05, 3.63) is 0 Å². The smallest absolute Gasteiger partial charge is 0.00718 e. The van der Waals surface area contributed by atoms with Crippen LogP contribution in [0.1, 0.15) is 26.7 Å². The first-order valence-corrected chi connectivity index (χ1v) is 7.92. The molecule has 0 amide bonds. The molecule has 0 aromatic heterocycles. The highest BCUT2D eigenvalue weighted by Crippen LogP contribution is 2.12. The van der Waals surface area contributed by atoms with Crippen molar-refractivity contribution in [2.75, 3.05) is 30.9 Å². The molecule has 0 spiro atoms. The van der Waals surface area contributed by atoms with E-state index in [1.807, 2.05) is 11.8 Å². The first kappa shape index (κ1) is 14.8. The molecule has 0 N–H and O–H groups in total. The Hall–Kier alpha value is 0.790. The molecule has 0 saturated heterocycles. The Bertz CT molecular complexity index is 128. The standard InChI is InChI=1S/C11H24BrNS/c1-5-11(8-12)9-13(3)10(2)6-7-14-4/h10-11H,5-9H2,1-4H3. The Morgan fingerprint density at radius 2 is 2.07 bits per heavy atom. The lowest BCUT2D eigenvalue weighted by atomic mass is 10.1. The molecule has 0 aromatic carbocycles. The Balaban J connectivity index is 3.74. The zero-order chi connectivity index (χ0) is 11.0. The van der Waals surface area contributed by atoms with E-state index < -0.39 is 0 Å². The lowest BCUT2D eigenvalue weighted by Gasteiger charge is -2.27. The Labute approximate surface area is 102 Å². The van der Waals surface area contributed by atoms with Gasteiger partial charge in [-0.25, -0.2) is 0 Å². The molecule has 2 atom stereocenters. The molecular formula is C11H24BrNS. The summed E-state index contributed by atoms with van der Waals surface area (Å²) in [6.07, 6.45) is 4.75. The van der Waals surface area contributed by atoms with Crippen LogP contribution in [0.5, 0.6) is 0 Å². The van der Waals surface area contributed by atoms with Crippen molar-refractivity contribution < 1.29 is 0 Å². The first-order chi connectivity index (χ1) is 6.65. The van der Waals surface area contributed by atoms with Gasteiger partial charge in [-0.1, -0.05) is 29.3 Å². The van der Waals surface area contributed by atoms with Crippen LogP contribution in [0, 0.1) is 5.92 Å². The second-order valence-electron chi connectivity index (χ2n) is 4.00. The topological polar surface area (TPSA) is 3.24 Å². The molecule has 0 saturated carbocycles. The van der Waals surface area contributed by atoms with Crippen molar-refractivity contribution >= 4 is 27.7 Å². The van der Waals surface area contributed by atoms with Gasteiger partial charge in [0.1, 0.15) is 0 Å². The number of rotatable bonds is 8. The molecule has 0 bridgehead atoms. The van der Waals surface area contributed by atoms with E-state index in [4.69, 9.17) is 0 Å². The van der Waals surface area contributed by atoms with Crippen molar-refractivity contribution in [2.24, 2.45) is 5.92 Å². The Morgan fingerprint density at radius 3 is 2.50 bits per heavy atom. The van der Waals surface area contributed by atoms with Crippen molar-refractivity contribution in [3.63, 3.8) is 0 Å². The minimum absolute atomic E-state index is 0.718. The van der Waals surface area contributed by atoms with Gasteiger partial charge in [0.05, 0.1) is 0 Å². The van der Waals surface area contributed by atoms with E-state index in [0.29, 0.717) is 0 Å². The maximum atomic E-state index is 3.58. The molecule has 0 aliphatic carbocycles. The predicted molar refractivity (Wildman–Crippen MR) is 72.7 cm³/mol. The van der Waals surface area contributed by atoms with Gasteiger partial charge in [0.2, 0.25) is 0 Å². The zero-order valence-electron chi connectivity index (χ0n) is 9.92. The highest BCUT2D eigenvalue weighted by Gasteiger charge is 2.13. The highest BCUT2D eigenvalue weighted by molar-refractivity contribution is 9.09. The van der Waals surface area contributed by atoms with Crippen LogP contribution in [0.25, 0.3) is 0 Å². The monoisotopic (exact) mass is 281 g/mol. The van der Waals surface area contributed by atoms with Crippen molar-refractivity contribution in [1.29, 1.82) is 0 Å². The van der Waals surface area contributed by atoms with E-state index in [9.17, 15) is 0 Å². The van der Waals surface area contributed by atoms with Gasteiger partial charge in [0.15, 0.2) is 0 Å². The summed E-state index contributed by atoms with van der Waals surface area (Å²) in [5, 5.41) is 1.13. The van der Waals surface area contributed by atoms with Crippen LogP contribution < -0.4 is 0 Å². The second-order valence-corrected chi connectivity index (χ2v) is 5.63. The summed E-state index contributed by atoms with van der Waals surface area (Å²) in [6, 6.07) is 0.718. The predicted octanol–water partition coefficient (Wildman–Crippen LogP) is 3.48. The largest absolute Gasteiger partial charge is 0.303 e. The molecule has 0 rings (SSSR count). The SMILES string of the molecule is CCC(CBr)CN(C)C(C)CCSC. The molecule has 0 aliphatic rings. The number of hydrogen-bond acceptors (Lipinski definition) is 2. The second kappa shape index (κ2) is 9.05. The van der Waals surface area contributed by atoms with Gasteiger partial charge in [-0.15, -0.1) is 0 Å². The third-order valence-corrected chi connectivity index (χ3v) is 4.39. The number of hydrogen-bond donors (Lipinski definition) is 0. The fourth-order valence-corrected chi connectivity index (χ4v) is 2.62. The van der Waals surface area contributed by atoms with Gasteiger partial charge in [-0.05, 0) is 38.3 Å². The first-order valence-electron chi connectivity index (χ1n) is 5.40. The zero-order valence-corrected chi connectivity index (χ0v) is 12.3. The molecule has 0 fully saturated rings. The van der Waals surface area contributed by atoms with Crippen molar-refractivity contribution in [1.82, 2.24) is 4.90 Å². The molecule has 0 radical (unpaired) electrons. The van der Waals surface area contributed by atoms with Gasteiger partial charge in [0.25, 0.3) is 0 Å². The normalized spacial score (nSPS) is 15.9. The summed E-state index contributed by atoms with van der Waals surface area (Å²) >= 11 is 5.52. The number of alkyl halides is 1. The van der Waals surface area contributed by atoms with E-state index in [-0.39, 0.29) is 0 Å². The molecular weight excluding hydrogens is 258 g/mol. The molecule has 2 unspecified atom stereocenters. The minimum atomic E-state index is 0.718. The van der Waals surface area contributed by atoms with E-state index in [1.54, 1.807) is 0 Å². The number of thioether (sulfide) groups is 1. The summed E-state index contributed by atoms with van der Waals surface area (Å²) in [7, 11) is 2.25. The maximum absolute atomic E-state index is 3.58. The van der Waals surface area contributed by atoms with E-state index in [1.165, 1.54) is 25.1 Å². The van der Waals surface area contributed by atoms with Crippen LogP contribution in [-0.4, -0.2) is 41.9 Å². The number of nitrogens with zero attached hydrogens (tertiary/aromatic N) is 1. The van der Waals surface area contributed by atoms with Crippen LogP contribution in [0.15, 0.2) is 0 Å². The van der Waals surface area contributed by atoms with E-state index >= 15 is 0 Å². The van der Waals surface area contributed by atoms with Gasteiger partial charge < -0.3 is 4.90 Å². The minimum Gasteiger partial charge on any atom is -0.303 e. The van der Waals surface area contributed by atoms with Crippen molar-refractivity contribution in [3.8, 4) is 0 Å². The van der Waals surface area contributed by atoms with E-state index in [0.717, 1.165) is 17.3 Å². The molecule has 0 aliphatic heterocycles. The molecule has 3 heteroatoms. The summed E-state index contributed by atoms with van der Waals surface area (Å²) in [5.41, 5.74) is 0. The average molecular weight is 282 g/mol. The van der Waals surface area contributed by atoms with Crippen LogP contribution in [0.3, 0.4) is 0 Å². The fourth-order valence-electron chi connectivity index (χ4n) is 1.38. The van der Waals surface area contributed by atoms with Gasteiger partial charge in [-0.2, -0.15) is 11.8 Å². The van der Waals surface area contributed by atoms with Gasteiger partial charge in [0, 0.05) is 17.9 Å². The van der Waals surface area contributed by atoms with Crippen LogP contribution in [-0.2, 0) is 0 Å². The Kier molecular flexibility index (Phi) is 9.56. The van der Waals surface area contributed by atoms with Crippen LogP contribution >= 0.6 is 27.7 Å². The van der Waals surface area contributed by atoms with Crippen LogP contribution in [0.4, 0.5) is 0 Å². The highest BCUT2D eigenvalue weighted by atomic mass is 79.9. The van der Waals surface area contributed by atoms with E-state index in [2.05, 4.69) is 48.0 Å². The quantitative estimate of drug-likeness (QED) is 0.627. The maximum Gasteiger partial charge on any atom is 0.00718 e. The molecule has 0 aromatic rings. The lowest BCUT2D eigenvalue weighted by molar-refractivity contribution is 0.220. The summed E-state index contributed by atoms with van der Waals surface area (Å²) < 4.78 is 0. The molecule has 0 heterocycles. The summed E-state index contributed by atoms with van der Waals surface area (Å²) in [5.74, 6) is 2.08.